The molecule has 0 fully saturated rings. The minimum absolute atomic E-state index is 0.168. The van der Waals surface area contributed by atoms with Crippen LogP contribution >= 0.6 is 0 Å². The van der Waals surface area contributed by atoms with Crippen molar-refractivity contribution in [1.29, 1.82) is 0 Å². The molecule has 0 atom stereocenters. The van der Waals surface area contributed by atoms with E-state index in [0.29, 0.717) is 22.3 Å². The first kappa shape index (κ1) is 16.4. The van der Waals surface area contributed by atoms with Crippen molar-refractivity contribution >= 4 is 16.7 Å². The van der Waals surface area contributed by atoms with Gasteiger partial charge in [0.25, 0.3) is 0 Å². The molecule has 25 heavy (non-hydrogen) atoms. The molecule has 0 aliphatic heterocycles. The van der Waals surface area contributed by atoms with Gasteiger partial charge < -0.3 is 13.9 Å². The van der Waals surface area contributed by atoms with Gasteiger partial charge in [0.1, 0.15) is 23.8 Å². The molecular formula is C17H12FNO6. The second-order valence-electron chi connectivity index (χ2n) is 5.11. The molecule has 3 rings (SSSR count). The normalized spacial score (nSPS) is 10.6. The Labute approximate surface area is 140 Å². The molecule has 0 aliphatic rings. The number of halogens is 1. The van der Waals surface area contributed by atoms with Crippen LogP contribution in [0, 0.1) is 15.9 Å². The van der Waals surface area contributed by atoms with Crippen LogP contribution in [0.15, 0.2) is 51.7 Å². The van der Waals surface area contributed by atoms with E-state index in [0.717, 1.165) is 18.2 Å². The van der Waals surface area contributed by atoms with Gasteiger partial charge in [-0.05, 0) is 18.2 Å². The van der Waals surface area contributed by atoms with E-state index in [1.165, 1.54) is 13.2 Å². The number of rotatable bonds is 5. The zero-order valence-electron chi connectivity index (χ0n) is 13.0. The van der Waals surface area contributed by atoms with E-state index < -0.39 is 16.4 Å². The Morgan fingerprint density at radius 2 is 2.00 bits per heavy atom. The number of nitrogens with zero attached hydrogens (tertiary/aromatic N) is 1. The fraction of sp³-hybridized carbons (Fsp3) is 0.118. The SMILES string of the molecule is COc1ccc2c(COc3cc(F)ccc3[N+](=O)[O-])cc(=O)oc2c1. The highest BCUT2D eigenvalue weighted by Gasteiger charge is 2.17. The molecule has 0 spiro atoms. The Hall–Kier alpha value is -3.42. The average Bonchev–Trinajstić information content (AvgIpc) is 2.58. The van der Waals surface area contributed by atoms with Gasteiger partial charge in [0, 0.05) is 35.2 Å². The Morgan fingerprint density at radius 3 is 2.72 bits per heavy atom. The summed E-state index contributed by atoms with van der Waals surface area (Å²) in [7, 11) is 1.48. The summed E-state index contributed by atoms with van der Waals surface area (Å²) in [6.07, 6.45) is 0. The second kappa shape index (κ2) is 6.60. The first-order valence-corrected chi connectivity index (χ1v) is 7.15. The smallest absolute Gasteiger partial charge is 0.336 e. The Kier molecular flexibility index (Phi) is 4.34. The number of ether oxygens (including phenoxy) is 2. The van der Waals surface area contributed by atoms with Crippen molar-refractivity contribution in [3.05, 3.63) is 74.4 Å². The maximum atomic E-state index is 13.4. The molecule has 128 valence electrons. The number of hydrogen-bond donors (Lipinski definition) is 0. The maximum Gasteiger partial charge on any atom is 0.336 e. The maximum absolute atomic E-state index is 13.4. The average molecular weight is 345 g/mol. The first-order chi connectivity index (χ1) is 12.0. The highest BCUT2D eigenvalue weighted by Crippen LogP contribution is 2.29. The standard InChI is InChI=1S/C17H12FNO6/c1-23-12-3-4-13-10(6-17(20)25-15(13)8-12)9-24-16-7-11(18)2-5-14(16)19(21)22/h2-8H,9H2,1H3. The predicted molar refractivity (Wildman–Crippen MR) is 86.4 cm³/mol. The minimum atomic E-state index is -0.670. The molecule has 0 amide bonds. The summed E-state index contributed by atoms with van der Waals surface area (Å²) in [4.78, 5) is 22.0. The monoisotopic (exact) mass is 345 g/mol. The molecule has 8 heteroatoms. The summed E-state index contributed by atoms with van der Waals surface area (Å²) in [5, 5.41) is 11.6. The van der Waals surface area contributed by atoms with Gasteiger partial charge in [0.15, 0.2) is 5.75 Å². The molecule has 3 aromatic rings. The van der Waals surface area contributed by atoms with E-state index >= 15 is 0 Å². The molecule has 0 radical (unpaired) electrons. The van der Waals surface area contributed by atoms with Gasteiger partial charge in [-0.2, -0.15) is 0 Å². The van der Waals surface area contributed by atoms with Crippen LogP contribution in [0.3, 0.4) is 0 Å². The highest BCUT2D eigenvalue weighted by molar-refractivity contribution is 5.81. The fourth-order valence-corrected chi connectivity index (χ4v) is 2.37. The lowest BCUT2D eigenvalue weighted by atomic mass is 10.1. The lowest BCUT2D eigenvalue weighted by Crippen LogP contribution is -2.05. The van der Waals surface area contributed by atoms with Crippen LogP contribution in [-0.4, -0.2) is 12.0 Å². The second-order valence-corrected chi connectivity index (χ2v) is 5.11. The number of hydrogen-bond acceptors (Lipinski definition) is 6. The molecular weight excluding hydrogens is 333 g/mol. The van der Waals surface area contributed by atoms with Crippen molar-refractivity contribution in [2.24, 2.45) is 0 Å². The van der Waals surface area contributed by atoms with Gasteiger partial charge in [0.05, 0.1) is 12.0 Å². The van der Waals surface area contributed by atoms with Crippen LogP contribution in [0.4, 0.5) is 10.1 Å². The fourth-order valence-electron chi connectivity index (χ4n) is 2.37. The molecule has 0 saturated heterocycles. The summed E-state index contributed by atoms with van der Waals surface area (Å²) in [6, 6.07) is 9.04. The van der Waals surface area contributed by atoms with E-state index in [2.05, 4.69) is 0 Å². The van der Waals surface area contributed by atoms with E-state index in [4.69, 9.17) is 13.9 Å². The number of nitro benzene ring substituents is 1. The van der Waals surface area contributed by atoms with Crippen LogP contribution in [0.2, 0.25) is 0 Å². The number of nitro groups is 1. The van der Waals surface area contributed by atoms with Crippen molar-refractivity contribution in [2.45, 2.75) is 6.61 Å². The van der Waals surface area contributed by atoms with Crippen LogP contribution in [0.1, 0.15) is 5.56 Å². The lowest BCUT2D eigenvalue weighted by Gasteiger charge is -2.09. The third-order valence-electron chi connectivity index (χ3n) is 3.54. The topological polar surface area (TPSA) is 91.8 Å². The van der Waals surface area contributed by atoms with Gasteiger partial charge in [-0.15, -0.1) is 0 Å². The number of methoxy groups -OCH3 is 1. The van der Waals surface area contributed by atoms with E-state index in [1.54, 1.807) is 18.2 Å². The van der Waals surface area contributed by atoms with Crippen LogP contribution in [-0.2, 0) is 6.61 Å². The van der Waals surface area contributed by atoms with Gasteiger partial charge in [-0.1, -0.05) is 0 Å². The predicted octanol–water partition coefficient (Wildman–Crippen LogP) is 3.43. The molecule has 2 aromatic carbocycles. The minimum Gasteiger partial charge on any atom is -0.497 e. The van der Waals surface area contributed by atoms with Gasteiger partial charge in [-0.3, -0.25) is 10.1 Å². The van der Waals surface area contributed by atoms with E-state index in [1.807, 2.05) is 0 Å². The Balaban J connectivity index is 1.98. The molecule has 0 saturated carbocycles. The molecule has 1 heterocycles. The molecule has 0 aliphatic carbocycles. The van der Waals surface area contributed by atoms with Crippen molar-refractivity contribution in [3.8, 4) is 11.5 Å². The Bertz CT molecular complexity index is 1010. The van der Waals surface area contributed by atoms with Gasteiger partial charge >= 0.3 is 11.3 Å². The van der Waals surface area contributed by atoms with E-state index in [9.17, 15) is 19.3 Å². The molecule has 1 aromatic heterocycles. The highest BCUT2D eigenvalue weighted by atomic mass is 19.1. The third kappa shape index (κ3) is 3.42. The lowest BCUT2D eigenvalue weighted by molar-refractivity contribution is -0.386. The summed E-state index contributed by atoms with van der Waals surface area (Å²) in [5.41, 5.74) is -0.227. The first-order valence-electron chi connectivity index (χ1n) is 7.15. The molecule has 7 nitrogen and oxygen atoms in total. The largest absolute Gasteiger partial charge is 0.497 e. The Morgan fingerprint density at radius 1 is 1.20 bits per heavy atom. The molecule has 0 bridgehead atoms. The van der Waals surface area contributed by atoms with Crippen molar-refractivity contribution in [2.75, 3.05) is 7.11 Å². The molecule has 0 unspecified atom stereocenters. The quantitative estimate of drug-likeness (QED) is 0.400. The summed E-state index contributed by atoms with van der Waals surface area (Å²) < 4.78 is 28.9. The van der Waals surface area contributed by atoms with E-state index in [-0.39, 0.29) is 18.0 Å². The van der Waals surface area contributed by atoms with Crippen molar-refractivity contribution < 1.29 is 23.2 Å². The van der Waals surface area contributed by atoms with Crippen LogP contribution in [0.5, 0.6) is 11.5 Å². The molecule has 0 N–H and O–H groups in total. The zero-order valence-corrected chi connectivity index (χ0v) is 13.0. The van der Waals surface area contributed by atoms with Crippen molar-refractivity contribution in [1.82, 2.24) is 0 Å². The van der Waals surface area contributed by atoms with Crippen LogP contribution < -0.4 is 15.1 Å². The van der Waals surface area contributed by atoms with Crippen molar-refractivity contribution in [3.63, 3.8) is 0 Å². The summed E-state index contributed by atoms with van der Waals surface area (Å²) >= 11 is 0. The van der Waals surface area contributed by atoms with Gasteiger partial charge in [-0.25, -0.2) is 9.18 Å². The van der Waals surface area contributed by atoms with Crippen LogP contribution in [0.25, 0.3) is 11.0 Å². The van der Waals surface area contributed by atoms with Gasteiger partial charge in [0.2, 0.25) is 0 Å². The summed E-state index contributed by atoms with van der Waals surface area (Å²) in [6.45, 7) is -0.168. The third-order valence-corrected chi connectivity index (χ3v) is 3.54. The number of benzene rings is 2. The zero-order chi connectivity index (χ0) is 18.0. The number of fused-ring (bicyclic) bond motifs is 1. The summed E-state index contributed by atoms with van der Waals surface area (Å²) in [5.74, 6) is -0.378.